The molecule has 1 heterocycles. The molecule has 0 aliphatic carbocycles. The Morgan fingerprint density at radius 2 is 1.68 bits per heavy atom. The second-order valence-corrected chi connectivity index (χ2v) is 5.94. The lowest BCUT2D eigenvalue weighted by molar-refractivity contribution is -0.144. The molecule has 0 radical (unpaired) electrons. The Balaban J connectivity index is 2.63. The molecule has 0 aromatic rings. The van der Waals surface area contributed by atoms with E-state index in [1.54, 1.807) is 0 Å². The van der Waals surface area contributed by atoms with Crippen LogP contribution in [0.4, 0.5) is 0 Å². The third-order valence-electron chi connectivity index (χ3n) is 3.88. The molecule has 25 heavy (non-hydrogen) atoms. The zero-order chi connectivity index (χ0) is 19.1. The molecule has 0 spiro atoms. The predicted molar refractivity (Wildman–Crippen MR) is 84.5 cm³/mol. The fourth-order valence-corrected chi connectivity index (χ4v) is 2.52. The zero-order valence-electron chi connectivity index (χ0n) is 14.2. The minimum absolute atomic E-state index is 0.243. The van der Waals surface area contributed by atoms with Crippen molar-refractivity contribution in [1.29, 1.82) is 0 Å². The first-order valence-corrected chi connectivity index (χ1v) is 7.98. The number of hydrogen-bond acceptors (Lipinski definition) is 5. The lowest BCUT2D eigenvalue weighted by atomic mass is 10.1. The van der Waals surface area contributed by atoms with Gasteiger partial charge < -0.3 is 25.7 Å². The summed E-state index contributed by atoms with van der Waals surface area (Å²) >= 11 is 0. The molecule has 1 saturated heterocycles. The standard InChI is InChI=1S/C15H23N3O7/c1-8(16-11(19)5-6-12(20)21)14(23)18-7-3-4-10(18)13(22)17-9(2)15(24)25/h8-10H,3-7H2,1-2H3,(H,16,19)(H,17,22)(H,20,21)(H,24,25)/t8-,9-,10-/m0/s1. The van der Waals surface area contributed by atoms with Crippen LogP contribution >= 0.6 is 0 Å². The molecule has 4 N–H and O–H groups in total. The van der Waals surface area contributed by atoms with E-state index in [1.165, 1.54) is 18.7 Å². The first-order chi connectivity index (χ1) is 11.6. The molecule has 1 aliphatic rings. The van der Waals surface area contributed by atoms with Crippen molar-refractivity contribution < 1.29 is 34.2 Å². The number of likely N-dealkylation sites (tertiary alicyclic amines) is 1. The fourth-order valence-electron chi connectivity index (χ4n) is 2.52. The summed E-state index contributed by atoms with van der Waals surface area (Å²) < 4.78 is 0. The van der Waals surface area contributed by atoms with Gasteiger partial charge in [0.2, 0.25) is 17.7 Å². The smallest absolute Gasteiger partial charge is 0.325 e. The number of rotatable bonds is 8. The molecule has 10 heteroatoms. The third kappa shape index (κ3) is 6.05. The van der Waals surface area contributed by atoms with Crippen LogP contribution in [0.25, 0.3) is 0 Å². The predicted octanol–water partition coefficient (Wildman–Crippen LogP) is -1.06. The van der Waals surface area contributed by atoms with Crippen LogP contribution in [0.5, 0.6) is 0 Å². The molecule has 0 bridgehead atoms. The lowest BCUT2D eigenvalue weighted by Gasteiger charge is -2.27. The Morgan fingerprint density at radius 3 is 2.24 bits per heavy atom. The summed E-state index contributed by atoms with van der Waals surface area (Å²) in [4.78, 5) is 58.8. The number of hydrogen-bond donors (Lipinski definition) is 4. The van der Waals surface area contributed by atoms with Gasteiger partial charge >= 0.3 is 11.9 Å². The maximum atomic E-state index is 12.5. The maximum absolute atomic E-state index is 12.5. The number of nitrogens with zero attached hydrogens (tertiary/aromatic N) is 1. The first kappa shape index (κ1) is 20.4. The van der Waals surface area contributed by atoms with Gasteiger partial charge in [0.1, 0.15) is 18.1 Å². The molecular weight excluding hydrogens is 334 g/mol. The fraction of sp³-hybridized carbons (Fsp3) is 0.667. The van der Waals surface area contributed by atoms with E-state index in [0.29, 0.717) is 19.4 Å². The average Bonchev–Trinajstić information content (AvgIpc) is 3.01. The minimum atomic E-state index is -1.18. The number of carboxylic acids is 2. The van der Waals surface area contributed by atoms with Gasteiger partial charge in [-0.15, -0.1) is 0 Å². The highest BCUT2D eigenvalue weighted by atomic mass is 16.4. The van der Waals surface area contributed by atoms with Gasteiger partial charge in [0.05, 0.1) is 6.42 Å². The van der Waals surface area contributed by atoms with E-state index < -0.39 is 47.8 Å². The Morgan fingerprint density at radius 1 is 1.04 bits per heavy atom. The van der Waals surface area contributed by atoms with Crippen LogP contribution in [0.3, 0.4) is 0 Å². The normalized spacial score (nSPS) is 19.0. The highest BCUT2D eigenvalue weighted by Crippen LogP contribution is 2.18. The van der Waals surface area contributed by atoms with E-state index in [9.17, 15) is 24.0 Å². The number of carbonyl (C=O) groups is 5. The lowest BCUT2D eigenvalue weighted by Crippen LogP contribution is -2.54. The SMILES string of the molecule is C[C@H](NC(=O)[C@@H]1CCCN1C(=O)[C@H](C)NC(=O)CCC(=O)O)C(=O)O. The van der Waals surface area contributed by atoms with Crippen LogP contribution in [-0.2, 0) is 24.0 Å². The van der Waals surface area contributed by atoms with Crippen LogP contribution in [0.1, 0.15) is 39.5 Å². The summed E-state index contributed by atoms with van der Waals surface area (Å²) in [6.07, 6.45) is 0.413. The Bertz CT molecular complexity index is 563. The Hall–Kier alpha value is -2.65. The molecule has 0 unspecified atom stereocenters. The minimum Gasteiger partial charge on any atom is -0.481 e. The highest BCUT2D eigenvalue weighted by Gasteiger charge is 2.37. The molecule has 1 aliphatic heterocycles. The third-order valence-corrected chi connectivity index (χ3v) is 3.88. The maximum Gasteiger partial charge on any atom is 0.325 e. The molecule has 3 atom stereocenters. The summed E-state index contributed by atoms with van der Waals surface area (Å²) in [5.41, 5.74) is 0. The quantitative estimate of drug-likeness (QED) is 0.432. The molecular formula is C15H23N3O7. The molecule has 0 aromatic heterocycles. The molecule has 0 saturated carbocycles. The second kappa shape index (κ2) is 9.00. The van der Waals surface area contributed by atoms with Crippen LogP contribution < -0.4 is 10.6 Å². The first-order valence-electron chi connectivity index (χ1n) is 7.98. The van der Waals surface area contributed by atoms with Crippen molar-refractivity contribution in [3.63, 3.8) is 0 Å². The molecule has 140 valence electrons. The number of nitrogens with one attached hydrogen (secondary N) is 2. The number of aliphatic carboxylic acids is 2. The van der Waals surface area contributed by atoms with E-state index in [-0.39, 0.29) is 12.8 Å². The zero-order valence-corrected chi connectivity index (χ0v) is 14.2. The van der Waals surface area contributed by atoms with E-state index >= 15 is 0 Å². The number of amides is 3. The summed E-state index contributed by atoms with van der Waals surface area (Å²) in [7, 11) is 0. The number of carboxylic acid groups (broad SMARTS) is 2. The molecule has 1 rings (SSSR count). The molecule has 1 fully saturated rings. The average molecular weight is 357 g/mol. The van der Waals surface area contributed by atoms with Gasteiger partial charge in [-0.25, -0.2) is 0 Å². The molecule has 0 aromatic carbocycles. The van der Waals surface area contributed by atoms with Gasteiger partial charge in [-0.1, -0.05) is 0 Å². The van der Waals surface area contributed by atoms with Crippen molar-refractivity contribution in [2.75, 3.05) is 6.54 Å². The van der Waals surface area contributed by atoms with Crippen LogP contribution in [0, 0.1) is 0 Å². The Labute approximate surface area is 144 Å². The van der Waals surface area contributed by atoms with Crippen LogP contribution in [0.15, 0.2) is 0 Å². The summed E-state index contributed by atoms with van der Waals surface area (Å²) in [6, 6.07) is -2.77. The summed E-state index contributed by atoms with van der Waals surface area (Å²) in [5.74, 6) is -3.88. The van der Waals surface area contributed by atoms with E-state index in [1.807, 2.05) is 0 Å². The van der Waals surface area contributed by atoms with Gasteiger partial charge in [-0.2, -0.15) is 0 Å². The Kier molecular flexibility index (Phi) is 7.34. The van der Waals surface area contributed by atoms with Gasteiger partial charge in [-0.3, -0.25) is 24.0 Å². The summed E-state index contributed by atoms with van der Waals surface area (Å²) in [6.45, 7) is 3.11. The number of carbonyl (C=O) groups excluding carboxylic acids is 3. The highest BCUT2D eigenvalue weighted by molar-refractivity contribution is 5.93. The van der Waals surface area contributed by atoms with Crippen molar-refractivity contribution in [2.24, 2.45) is 0 Å². The second-order valence-electron chi connectivity index (χ2n) is 5.94. The van der Waals surface area contributed by atoms with Gasteiger partial charge in [0.25, 0.3) is 0 Å². The largest absolute Gasteiger partial charge is 0.481 e. The van der Waals surface area contributed by atoms with E-state index in [0.717, 1.165) is 0 Å². The summed E-state index contributed by atoms with van der Waals surface area (Å²) in [5, 5.41) is 22.1. The monoisotopic (exact) mass is 357 g/mol. The van der Waals surface area contributed by atoms with E-state index in [4.69, 9.17) is 10.2 Å². The molecule has 10 nitrogen and oxygen atoms in total. The van der Waals surface area contributed by atoms with Crippen molar-refractivity contribution in [2.45, 2.75) is 57.7 Å². The van der Waals surface area contributed by atoms with Crippen molar-refractivity contribution in [3.05, 3.63) is 0 Å². The van der Waals surface area contributed by atoms with Crippen molar-refractivity contribution in [1.82, 2.24) is 15.5 Å². The molecule has 3 amide bonds. The topological polar surface area (TPSA) is 153 Å². The van der Waals surface area contributed by atoms with Gasteiger partial charge in [0, 0.05) is 13.0 Å². The van der Waals surface area contributed by atoms with Gasteiger partial charge in [-0.05, 0) is 26.7 Å². The van der Waals surface area contributed by atoms with Crippen LogP contribution in [-0.4, -0.2) is 69.4 Å². The van der Waals surface area contributed by atoms with Crippen molar-refractivity contribution in [3.8, 4) is 0 Å². The van der Waals surface area contributed by atoms with Crippen molar-refractivity contribution >= 4 is 29.7 Å². The van der Waals surface area contributed by atoms with Gasteiger partial charge in [0.15, 0.2) is 0 Å². The van der Waals surface area contributed by atoms with E-state index in [2.05, 4.69) is 10.6 Å². The van der Waals surface area contributed by atoms with Crippen LogP contribution in [0.2, 0.25) is 0 Å².